The Labute approximate surface area is 155 Å². The van der Waals surface area contributed by atoms with Crippen LogP contribution in [0, 0.1) is 0 Å². The molecule has 0 radical (unpaired) electrons. The smallest absolute Gasteiger partial charge is 0.191 e. The minimum absolute atomic E-state index is 0.131. The Hall–Kier alpha value is -2.54. The van der Waals surface area contributed by atoms with Crippen molar-refractivity contribution < 1.29 is 9.84 Å². The maximum atomic E-state index is 10.4. The van der Waals surface area contributed by atoms with Gasteiger partial charge in [-0.05, 0) is 38.5 Å². The quantitative estimate of drug-likeness (QED) is 0.496. The lowest BCUT2D eigenvalue weighted by Gasteiger charge is -2.16. The van der Waals surface area contributed by atoms with Crippen molar-refractivity contribution in [2.24, 2.45) is 12.0 Å². The molecule has 3 N–H and O–H groups in total. The molecule has 0 aliphatic heterocycles. The van der Waals surface area contributed by atoms with Gasteiger partial charge in [0.2, 0.25) is 0 Å². The minimum atomic E-state index is -0.634. The van der Waals surface area contributed by atoms with Gasteiger partial charge in [0.15, 0.2) is 5.96 Å². The first-order valence-corrected chi connectivity index (χ1v) is 8.92. The summed E-state index contributed by atoms with van der Waals surface area (Å²) in [7, 11) is 1.88. The van der Waals surface area contributed by atoms with Gasteiger partial charge in [-0.1, -0.05) is 12.1 Å². The summed E-state index contributed by atoms with van der Waals surface area (Å²) in [6, 6.07) is 7.51. The van der Waals surface area contributed by atoms with E-state index in [2.05, 4.69) is 20.7 Å². The number of aliphatic imine (C=N–C) groups is 1. The highest BCUT2D eigenvalue weighted by Crippen LogP contribution is 2.18. The molecule has 1 aromatic carbocycles. The summed E-state index contributed by atoms with van der Waals surface area (Å²) in [5.41, 5.74) is 1.86. The third-order valence-corrected chi connectivity index (χ3v) is 3.62. The van der Waals surface area contributed by atoms with Crippen LogP contribution in [0.5, 0.6) is 5.75 Å². The zero-order valence-corrected chi connectivity index (χ0v) is 15.9. The van der Waals surface area contributed by atoms with Crippen molar-refractivity contribution in [1.29, 1.82) is 0 Å². The second-order valence-corrected chi connectivity index (χ2v) is 6.35. The molecule has 1 aromatic heterocycles. The molecule has 7 heteroatoms. The van der Waals surface area contributed by atoms with Crippen molar-refractivity contribution >= 4 is 5.96 Å². The van der Waals surface area contributed by atoms with Crippen molar-refractivity contribution in [1.82, 2.24) is 20.4 Å². The van der Waals surface area contributed by atoms with Crippen molar-refractivity contribution in [3.8, 4) is 5.75 Å². The lowest BCUT2D eigenvalue weighted by atomic mass is 10.1. The predicted molar refractivity (Wildman–Crippen MR) is 103 cm³/mol. The SMILES string of the molecule is CCNC(=NCc1cnn(C)c1)NCC(O)c1ccc(OC(C)C)cc1. The zero-order valence-electron chi connectivity index (χ0n) is 15.9. The largest absolute Gasteiger partial charge is 0.491 e. The molecule has 0 saturated carbocycles. The average molecular weight is 359 g/mol. The van der Waals surface area contributed by atoms with E-state index in [9.17, 15) is 5.11 Å². The number of aliphatic hydroxyl groups is 1. The molecular weight excluding hydrogens is 330 g/mol. The van der Waals surface area contributed by atoms with Gasteiger partial charge in [0.05, 0.1) is 24.9 Å². The third-order valence-electron chi connectivity index (χ3n) is 3.62. The lowest BCUT2D eigenvalue weighted by Crippen LogP contribution is -2.39. The molecule has 1 unspecified atom stereocenters. The molecule has 2 rings (SSSR count). The number of hydrogen-bond donors (Lipinski definition) is 3. The van der Waals surface area contributed by atoms with Gasteiger partial charge in [-0.15, -0.1) is 0 Å². The van der Waals surface area contributed by atoms with E-state index in [0.717, 1.165) is 23.4 Å². The first kappa shape index (κ1) is 19.8. The van der Waals surface area contributed by atoms with Gasteiger partial charge in [0.25, 0.3) is 0 Å². The van der Waals surface area contributed by atoms with Crippen LogP contribution in [-0.4, -0.2) is 40.0 Å². The predicted octanol–water partition coefficient (Wildman–Crippen LogP) is 2.00. The van der Waals surface area contributed by atoms with Crippen LogP contribution in [0.4, 0.5) is 0 Å². The van der Waals surface area contributed by atoms with E-state index in [4.69, 9.17) is 4.74 Å². The fourth-order valence-electron chi connectivity index (χ4n) is 2.42. The minimum Gasteiger partial charge on any atom is -0.491 e. The highest BCUT2D eigenvalue weighted by molar-refractivity contribution is 5.79. The molecular formula is C19H29N5O2. The van der Waals surface area contributed by atoms with Crippen molar-refractivity contribution in [2.75, 3.05) is 13.1 Å². The number of aromatic nitrogens is 2. The Morgan fingerprint density at radius 2 is 2.00 bits per heavy atom. The molecule has 7 nitrogen and oxygen atoms in total. The second kappa shape index (κ2) is 9.82. The molecule has 26 heavy (non-hydrogen) atoms. The van der Waals surface area contributed by atoms with Crippen LogP contribution >= 0.6 is 0 Å². The molecule has 0 fully saturated rings. The summed E-state index contributed by atoms with van der Waals surface area (Å²) in [4.78, 5) is 4.52. The highest BCUT2D eigenvalue weighted by atomic mass is 16.5. The van der Waals surface area contributed by atoms with Gasteiger partial charge in [-0.2, -0.15) is 5.10 Å². The van der Waals surface area contributed by atoms with E-state index in [1.54, 1.807) is 10.9 Å². The number of ether oxygens (including phenoxy) is 1. The summed E-state index contributed by atoms with van der Waals surface area (Å²) in [6.07, 6.45) is 3.22. The molecule has 2 aromatic rings. The van der Waals surface area contributed by atoms with E-state index >= 15 is 0 Å². The molecule has 0 bridgehead atoms. The lowest BCUT2D eigenvalue weighted by molar-refractivity contribution is 0.180. The molecule has 0 spiro atoms. The summed E-state index contributed by atoms with van der Waals surface area (Å²) in [5, 5.41) is 20.9. The zero-order chi connectivity index (χ0) is 18.9. The summed E-state index contributed by atoms with van der Waals surface area (Å²) in [5.74, 6) is 1.46. The van der Waals surface area contributed by atoms with E-state index in [1.165, 1.54) is 0 Å². The Balaban J connectivity index is 1.90. The van der Waals surface area contributed by atoms with E-state index in [1.807, 2.05) is 58.3 Å². The van der Waals surface area contributed by atoms with Crippen LogP contribution in [0.15, 0.2) is 41.7 Å². The summed E-state index contributed by atoms with van der Waals surface area (Å²) >= 11 is 0. The fourth-order valence-corrected chi connectivity index (χ4v) is 2.42. The van der Waals surface area contributed by atoms with Crippen LogP contribution in [0.2, 0.25) is 0 Å². The van der Waals surface area contributed by atoms with Crippen LogP contribution < -0.4 is 15.4 Å². The van der Waals surface area contributed by atoms with Crippen molar-refractivity contribution in [3.05, 3.63) is 47.8 Å². The Morgan fingerprint density at radius 1 is 1.27 bits per heavy atom. The Bertz CT molecular complexity index is 694. The molecule has 0 amide bonds. The number of nitrogens with one attached hydrogen (secondary N) is 2. The first-order chi connectivity index (χ1) is 12.5. The first-order valence-electron chi connectivity index (χ1n) is 8.92. The van der Waals surface area contributed by atoms with Crippen LogP contribution in [-0.2, 0) is 13.6 Å². The normalized spacial score (nSPS) is 12.9. The number of aliphatic hydroxyl groups excluding tert-OH is 1. The highest BCUT2D eigenvalue weighted by Gasteiger charge is 2.09. The topological polar surface area (TPSA) is 83.7 Å². The second-order valence-electron chi connectivity index (χ2n) is 6.35. The van der Waals surface area contributed by atoms with E-state index < -0.39 is 6.10 Å². The fraction of sp³-hybridized carbons (Fsp3) is 0.474. The van der Waals surface area contributed by atoms with E-state index in [-0.39, 0.29) is 6.10 Å². The van der Waals surface area contributed by atoms with Gasteiger partial charge < -0.3 is 20.5 Å². The van der Waals surface area contributed by atoms with Crippen LogP contribution in [0.3, 0.4) is 0 Å². The van der Waals surface area contributed by atoms with Gasteiger partial charge in [0.1, 0.15) is 5.75 Å². The number of rotatable bonds is 8. The van der Waals surface area contributed by atoms with E-state index in [0.29, 0.717) is 19.0 Å². The monoisotopic (exact) mass is 359 g/mol. The van der Waals surface area contributed by atoms with Gasteiger partial charge in [-0.3, -0.25) is 4.68 Å². The third kappa shape index (κ3) is 6.40. The molecule has 1 atom stereocenters. The van der Waals surface area contributed by atoms with Crippen molar-refractivity contribution in [3.63, 3.8) is 0 Å². The number of aryl methyl sites for hydroxylation is 1. The summed E-state index contributed by atoms with van der Waals surface area (Å²) in [6.45, 7) is 7.62. The number of guanidine groups is 1. The molecule has 1 heterocycles. The molecule has 0 aliphatic carbocycles. The van der Waals surface area contributed by atoms with Crippen molar-refractivity contribution in [2.45, 2.75) is 39.5 Å². The molecule has 0 aliphatic rings. The molecule has 142 valence electrons. The number of hydrogen-bond acceptors (Lipinski definition) is 4. The average Bonchev–Trinajstić information content (AvgIpc) is 3.02. The summed E-state index contributed by atoms with van der Waals surface area (Å²) < 4.78 is 7.37. The standard InChI is InChI=1S/C19H29N5O2/c1-5-20-19(21-10-15-11-23-24(4)13-15)22-12-18(25)16-6-8-17(9-7-16)26-14(2)3/h6-9,11,13-14,18,25H,5,10,12H2,1-4H3,(H2,20,21,22). The van der Waals surface area contributed by atoms with Gasteiger partial charge >= 0.3 is 0 Å². The molecule has 0 saturated heterocycles. The number of benzene rings is 1. The maximum Gasteiger partial charge on any atom is 0.191 e. The van der Waals surface area contributed by atoms with Crippen LogP contribution in [0.25, 0.3) is 0 Å². The van der Waals surface area contributed by atoms with Gasteiger partial charge in [0, 0.05) is 31.9 Å². The Kier molecular flexibility index (Phi) is 7.47. The Morgan fingerprint density at radius 3 is 2.58 bits per heavy atom. The number of nitrogens with zero attached hydrogens (tertiary/aromatic N) is 3. The van der Waals surface area contributed by atoms with Crippen LogP contribution in [0.1, 0.15) is 38.0 Å². The maximum absolute atomic E-state index is 10.4. The van der Waals surface area contributed by atoms with Gasteiger partial charge in [-0.25, -0.2) is 4.99 Å².